The Hall–Kier alpha value is -3.06. The topological polar surface area (TPSA) is 27.7 Å². The highest BCUT2D eigenvalue weighted by molar-refractivity contribution is 5.79. The van der Waals surface area contributed by atoms with Crippen molar-refractivity contribution in [2.45, 2.75) is 84.5 Å². The van der Waals surface area contributed by atoms with E-state index in [1.165, 1.54) is 66.3 Å². The lowest BCUT2D eigenvalue weighted by molar-refractivity contribution is -0.150. The summed E-state index contributed by atoms with van der Waals surface area (Å²) in [5.41, 5.74) is 9.46. The number of ether oxygens (including phenoxy) is 3. The molecular formula is C39H48O3. The Balaban J connectivity index is 1.04. The third kappa shape index (κ3) is 7.66. The smallest absolute Gasteiger partial charge is 0.119 e. The molecule has 3 nitrogen and oxygen atoms in total. The Morgan fingerprint density at radius 2 is 1.45 bits per heavy atom. The van der Waals surface area contributed by atoms with Gasteiger partial charge in [0.25, 0.3) is 0 Å². The molecular weight excluding hydrogens is 516 g/mol. The summed E-state index contributed by atoms with van der Waals surface area (Å²) >= 11 is 0. The first-order valence-electron chi connectivity index (χ1n) is 16.3. The first-order chi connectivity index (χ1) is 20.6. The van der Waals surface area contributed by atoms with Crippen LogP contribution in [0.1, 0.15) is 106 Å². The first kappa shape index (κ1) is 30.4. The molecule has 3 heteroatoms. The highest BCUT2D eigenvalue weighted by Gasteiger charge is 2.36. The molecule has 1 heterocycles. The van der Waals surface area contributed by atoms with E-state index in [2.05, 4.69) is 81.1 Å². The summed E-state index contributed by atoms with van der Waals surface area (Å²) in [6, 6.07) is 22.0. The van der Waals surface area contributed by atoms with Crippen LogP contribution in [0.2, 0.25) is 0 Å². The van der Waals surface area contributed by atoms with E-state index in [1.807, 2.05) is 12.1 Å². The second-order valence-electron chi connectivity index (χ2n) is 12.3. The molecule has 1 unspecified atom stereocenters. The largest absolute Gasteiger partial charge is 0.494 e. The highest BCUT2D eigenvalue weighted by Crippen LogP contribution is 2.45. The molecule has 0 saturated carbocycles. The van der Waals surface area contributed by atoms with Crippen molar-refractivity contribution in [3.05, 3.63) is 88.5 Å². The van der Waals surface area contributed by atoms with Crippen LogP contribution in [-0.2, 0) is 15.9 Å². The van der Waals surface area contributed by atoms with Crippen molar-refractivity contribution in [1.82, 2.24) is 0 Å². The van der Waals surface area contributed by atoms with E-state index in [9.17, 15) is 0 Å². The van der Waals surface area contributed by atoms with Crippen molar-refractivity contribution in [3.8, 4) is 28.7 Å². The predicted molar refractivity (Wildman–Crippen MR) is 173 cm³/mol. The highest BCUT2D eigenvalue weighted by atomic mass is 16.5. The van der Waals surface area contributed by atoms with Gasteiger partial charge in [-0.3, -0.25) is 0 Å². The number of fused-ring (bicyclic) bond motifs is 3. The molecule has 3 aromatic carbocycles. The fourth-order valence-electron chi connectivity index (χ4n) is 6.06. The molecule has 0 N–H and O–H groups in total. The number of unbranched alkanes of at least 4 members (excludes halogenated alkanes) is 5. The molecule has 0 aromatic heterocycles. The minimum absolute atomic E-state index is 0.292. The van der Waals surface area contributed by atoms with Crippen LogP contribution in [0.5, 0.6) is 5.75 Å². The van der Waals surface area contributed by atoms with Gasteiger partial charge in [0.15, 0.2) is 0 Å². The average molecular weight is 565 g/mol. The van der Waals surface area contributed by atoms with Crippen LogP contribution in [0.3, 0.4) is 0 Å². The SMILES string of the molecule is CCCCCc1ccc2c(c1)C(C)c1cc(C#Cc3ccc(OCCCCCCOCC4(CC)COC4)cc3)ccc1-2. The molecule has 1 aliphatic heterocycles. The second-order valence-corrected chi connectivity index (χ2v) is 12.3. The van der Waals surface area contributed by atoms with Crippen molar-refractivity contribution < 1.29 is 14.2 Å². The zero-order chi connectivity index (χ0) is 29.2. The molecule has 2 aliphatic rings. The van der Waals surface area contributed by atoms with Crippen LogP contribution in [-0.4, -0.2) is 33.0 Å². The Labute approximate surface area is 254 Å². The van der Waals surface area contributed by atoms with Gasteiger partial charge in [0.2, 0.25) is 0 Å². The minimum Gasteiger partial charge on any atom is -0.494 e. The lowest BCUT2D eigenvalue weighted by Gasteiger charge is -2.40. The van der Waals surface area contributed by atoms with Gasteiger partial charge in [-0.25, -0.2) is 0 Å². The Kier molecular flexibility index (Phi) is 10.8. The van der Waals surface area contributed by atoms with Crippen LogP contribution >= 0.6 is 0 Å². The number of hydrogen-bond acceptors (Lipinski definition) is 3. The molecule has 1 aliphatic carbocycles. The molecule has 3 aromatic rings. The van der Waals surface area contributed by atoms with E-state index >= 15 is 0 Å². The van der Waals surface area contributed by atoms with Crippen molar-refractivity contribution in [3.63, 3.8) is 0 Å². The van der Waals surface area contributed by atoms with Gasteiger partial charge in [-0.15, -0.1) is 0 Å². The van der Waals surface area contributed by atoms with Gasteiger partial charge in [-0.05, 0) is 103 Å². The number of rotatable bonds is 15. The summed E-state index contributed by atoms with van der Waals surface area (Å²) in [5.74, 6) is 8.07. The first-order valence-corrected chi connectivity index (χ1v) is 16.3. The third-order valence-electron chi connectivity index (χ3n) is 9.09. The standard InChI is InChI=1S/C39H48O3/c1-4-6-9-12-32-17-21-35-36-22-18-33(26-38(36)30(3)37(35)25-32)14-13-31-15-19-34(20-16-31)42-24-11-8-7-10-23-40-27-39(5-2)28-41-29-39/h15-22,25-26,30H,4-12,23-24,27-29H2,1-3H3. The normalized spacial score (nSPS) is 16.2. The summed E-state index contributed by atoms with van der Waals surface area (Å²) in [5, 5.41) is 0. The number of benzene rings is 3. The monoisotopic (exact) mass is 564 g/mol. The number of aryl methyl sites for hydroxylation is 1. The van der Waals surface area contributed by atoms with Gasteiger partial charge in [0, 0.05) is 29.1 Å². The van der Waals surface area contributed by atoms with E-state index in [1.54, 1.807) is 0 Å². The lowest BCUT2D eigenvalue weighted by atomic mass is 9.84. The summed E-state index contributed by atoms with van der Waals surface area (Å²) in [4.78, 5) is 0. The zero-order valence-electron chi connectivity index (χ0n) is 26.0. The molecule has 0 radical (unpaired) electrons. The molecule has 1 saturated heterocycles. The van der Waals surface area contributed by atoms with Gasteiger partial charge < -0.3 is 14.2 Å². The fraction of sp³-hybridized carbons (Fsp3) is 0.487. The van der Waals surface area contributed by atoms with E-state index in [0.29, 0.717) is 11.3 Å². The van der Waals surface area contributed by atoms with Crippen molar-refractivity contribution in [2.24, 2.45) is 5.41 Å². The van der Waals surface area contributed by atoms with E-state index in [4.69, 9.17) is 14.2 Å². The Morgan fingerprint density at radius 3 is 2.17 bits per heavy atom. The van der Waals surface area contributed by atoms with Crippen LogP contribution in [0.15, 0.2) is 60.7 Å². The third-order valence-corrected chi connectivity index (χ3v) is 9.09. The van der Waals surface area contributed by atoms with Crippen LogP contribution in [0.25, 0.3) is 11.1 Å². The molecule has 1 fully saturated rings. The lowest BCUT2D eigenvalue weighted by Crippen LogP contribution is -2.45. The van der Waals surface area contributed by atoms with E-state index < -0.39 is 0 Å². The predicted octanol–water partition coefficient (Wildman–Crippen LogP) is 9.33. The number of hydrogen-bond donors (Lipinski definition) is 0. The molecule has 42 heavy (non-hydrogen) atoms. The summed E-state index contributed by atoms with van der Waals surface area (Å²) in [6.07, 6.45) is 10.7. The average Bonchev–Trinajstić information content (AvgIpc) is 3.27. The van der Waals surface area contributed by atoms with Crippen LogP contribution < -0.4 is 4.74 Å². The second kappa shape index (κ2) is 14.9. The van der Waals surface area contributed by atoms with Crippen molar-refractivity contribution in [1.29, 1.82) is 0 Å². The minimum atomic E-state index is 0.292. The summed E-state index contributed by atoms with van der Waals surface area (Å²) in [6.45, 7) is 11.0. The summed E-state index contributed by atoms with van der Waals surface area (Å²) < 4.78 is 17.2. The maximum absolute atomic E-state index is 5.97. The molecule has 1 atom stereocenters. The van der Waals surface area contributed by atoms with Gasteiger partial charge >= 0.3 is 0 Å². The van der Waals surface area contributed by atoms with Gasteiger partial charge in [0.1, 0.15) is 5.75 Å². The van der Waals surface area contributed by atoms with E-state index in [-0.39, 0.29) is 0 Å². The van der Waals surface area contributed by atoms with Crippen molar-refractivity contribution in [2.75, 3.05) is 33.0 Å². The molecule has 0 spiro atoms. The zero-order valence-corrected chi connectivity index (χ0v) is 26.0. The fourth-order valence-corrected chi connectivity index (χ4v) is 6.06. The van der Waals surface area contributed by atoms with Gasteiger partial charge in [-0.2, -0.15) is 0 Å². The Bertz CT molecular complexity index is 1350. The van der Waals surface area contributed by atoms with Gasteiger partial charge in [0.05, 0.1) is 26.4 Å². The maximum atomic E-state index is 5.97. The molecule has 5 rings (SSSR count). The molecule has 0 bridgehead atoms. The van der Waals surface area contributed by atoms with E-state index in [0.717, 1.165) is 69.2 Å². The van der Waals surface area contributed by atoms with Crippen LogP contribution in [0.4, 0.5) is 0 Å². The quantitative estimate of drug-likeness (QED) is 0.136. The van der Waals surface area contributed by atoms with Crippen molar-refractivity contribution >= 4 is 0 Å². The van der Waals surface area contributed by atoms with Crippen LogP contribution in [0, 0.1) is 17.3 Å². The maximum Gasteiger partial charge on any atom is 0.119 e. The molecule has 0 amide bonds. The molecule has 222 valence electrons. The Morgan fingerprint density at radius 1 is 0.762 bits per heavy atom. The summed E-state index contributed by atoms with van der Waals surface area (Å²) in [7, 11) is 0. The van der Waals surface area contributed by atoms with Gasteiger partial charge in [-0.1, -0.05) is 76.1 Å².